The number of nitrogens with one attached hydrogen (secondary N) is 1. The molecule has 0 saturated heterocycles. The molecule has 2 heterocycles. The molecule has 0 unspecified atom stereocenters. The lowest BCUT2D eigenvalue weighted by atomic mass is 10.3. The van der Waals surface area contributed by atoms with Gasteiger partial charge in [-0.15, -0.1) is 0 Å². The first-order valence-corrected chi connectivity index (χ1v) is 5.47. The van der Waals surface area contributed by atoms with Gasteiger partial charge < -0.3 is 0 Å². The van der Waals surface area contributed by atoms with Crippen LogP contribution in [0.1, 0.15) is 12.6 Å². The van der Waals surface area contributed by atoms with E-state index in [9.17, 15) is 0 Å². The summed E-state index contributed by atoms with van der Waals surface area (Å²) in [4.78, 5) is 8.44. The summed E-state index contributed by atoms with van der Waals surface area (Å²) < 4.78 is 0.735. The summed E-state index contributed by atoms with van der Waals surface area (Å²) in [6.07, 6.45) is 2.33. The molecule has 78 valence electrons. The maximum Gasteiger partial charge on any atom is 0.183 e. The highest BCUT2D eigenvalue weighted by molar-refractivity contribution is 9.10. The van der Waals surface area contributed by atoms with E-state index in [0.717, 1.165) is 16.6 Å². The zero-order valence-electron chi connectivity index (χ0n) is 7.83. The first kappa shape index (κ1) is 10.5. The number of H-pyrrole nitrogens is 1. The van der Waals surface area contributed by atoms with Gasteiger partial charge in [-0.2, -0.15) is 15.4 Å². The Morgan fingerprint density at radius 1 is 1.47 bits per heavy atom. The maximum absolute atomic E-state index is 5.96. The zero-order valence-corrected chi connectivity index (χ0v) is 10.2. The van der Waals surface area contributed by atoms with Crippen molar-refractivity contribution in [2.24, 2.45) is 0 Å². The van der Waals surface area contributed by atoms with Crippen molar-refractivity contribution in [2.75, 3.05) is 0 Å². The molecule has 0 aliphatic carbocycles. The SMILES string of the molecule is CCc1nc(-c2cn[nH]n2)nc(Cl)c1Br. The molecule has 1 N–H and O–H groups in total. The molecule has 0 bridgehead atoms. The van der Waals surface area contributed by atoms with E-state index >= 15 is 0 Å². The first-order chi connectivity index (χ1) is 7.22. The summed E-state index contributed by atoms with van der Waals surface area (Å²) in [6, 6.07) is 0. The third-order valence-electron chi connectivity index (χ3n) is 1.86. The predicted molar refractivity (Wildman–Crippen MR) is 59.5 cm³/mol. The second-order valence-electron chi connectivity index (χ2n) is 2.81. The number of aryl methyl sites for hydroxylation is 1. The van der Waals surface area contributed by atoms with E-state index in [2.05, 4.69) is 41.3 Å². The molecule has 5 nitrogen and oxygen atoms in total. The quantitative estimate of drug-likeness (QED) is 0.861. The summed E-state index contributed by atoms with van der Waals surface area (Å²) in [5.41, 5.74) is 1.44. The molecule has 0 aromatic carbocycles. The van der Waals surface area contributed by atoms with Crippen molar-refractivity contribution >= 4 is 27.5 Å². The van der Waals surface area contributed by atoms with Gasteiger partial charge in [0.1, 0.15) is 10.8 Å². The second kappa shape index (κ2) is 4.24. The number of aromatic amines is 1. The van der Waals surface area contributed by atoms with Crippen molar-refractivity contribution in [3.63, 3.8) is 0 Å². The van der Waals surface area contributed by atoms with Crippen molar-refractivity contribution in [3.05, 3.63) is 21.5 Å². The third kappa shape index (κ3) is 2.00. The molecule has 0 radical (unpaired) electrons. The number of aromatic nitrogens is 5. The third-order valence-corrected chi connectivity index (χ3v) is 3.19. The van der Waals surface area contributed by atoms with E-state index in [1.54, 1.807) is 6.20 Å². The lowest BCUT2D eigenvalue weighted by Gasteiger charge is -2.03. The largest absolute Gasteiger partial charge is 0.230 e. The molecule has 0 fully saturated rings. The van der Waals surface area contributed by atoms with E-state index in [1.807, 2.05) is 6.92 Å². The van der Waals surface area contributed by atoms with Crippen LogP contribution in [0.15, 0.2) is 10.7 Å². The average molecular weight is 289 g/mol. The molecule has 7 heteroatoms. The van der Waals surface area contributed by atoms with E-state index < -0.39 is 0 Å². The van der Waals surface area contributed by atoms with Gasteiger partial charge in [0.15, 0.2) is 5.82 Å². The van der Waals surface area contributed by atoms with E-state index in [-0.39, 0.29) is 0 Å². The van der Waals surface area contributed by atoms with Crippen LogP contribution in [0.2, 0.25) is 5.15 Å². The zero-order chi connectivity index (χ0) is 10.8. The highest BCUT2D eigenvalue weighted by Crippen LogP contribution is 2.26. The van der Waals surface area contributed by atoms with Gasteiger partial charge in [-0.1, -0.05) is 18.5 Å². The van der Waals surface area contributed by atoms with E-state index in [4.69, 9.17) is 11.6 Å². The van der Waals surface area contributed by atoms with Crippen molar-refractivity contribution in [2.45, 2.75) is 13.3 Å². The number of rotatable bonds is 2. The Hall–Kier alpha value is -1.01. The van der Waals surface area contributed by atoms with Gasteiger partial charge >= 0.3 is 0 Å². The molecule has 2 aromatic heterocycles. The fourth-order valence-electron chi connectivity index (χ4n) is 1.12. The minimum atomic E-state index is 0.389. The highest BCUT2D eigenvalue weighted by Gasteiger charge is 2.12. The standard InChI is InChI=1S/C8H7BrClN5/c1-2-4-6(9)7(10)13-8(12-4)5-3-11-15-14-5/h3H,2H2,1H3,(H,11,14,15). The Bertz CT molecular complexity index is 470. The molecule has 0 amide bonds. The van der Waals surface area contributed by atoms with E-state index in [1.165, 1.54) is 0 Å². The van der Waals surface area contributed by atoms with Gasteiger partial charge in [-0.05, 0) is 22.4 Å². The van der Waals surface area contributed by atoms with Crippen LogP contribution in [0, 0.1) is 0 Å². The first-order valence-electron chi connectivity index (χ1n) is 4.30. The van der Waals surface area contributed by atoms with Gasteiger partial charge in [0.05, 0.1) is 16.4 Å². The van der Waals surface area contributed by atoms with Gasteiger partial charge in [-0.3, -0.25) is 0 Å². The van der Waals surface area contributed by atoms with Crippen molar-refractivity contribution in [1.82, 2.24) is 25.4 Å². The lowest BCUT2D eigenvalue weighted by molar-refractivity contribution is 0.932. The van der Waals surface area contributed by atoms with E-state index in [0.29, 0.717) is 16.7 Å². The monoisotopic (exact) mass is 287 g/mol. The second-order valence-corrected chi connectivity index (χ2v) is 3.96. The Morgan fingerprint density at radius 3 is 2.87 bits per heavy atom. The molecule has 2 rings (SSSR count). The molecular weight excluding hydrogens is 281 g/mol. The van der Waals surface area contributed by atoms with Crippen molar-refractivity contribution < 1.29 is 0 Å². The summed E-state index contributed by atoms with van der Waals surface area (Å²) in [5.74, 6) is 0.480. The highest BCUT2D eigenvalue weighted by atomic mass is 79.9. The maximum atomic E-state index is 5.96. The molecular formula is C8H7BrClN5. The fourth-order valence-corrected chi connectivity index (χ4v) is 1.77. The summed E-state index contributed by atoms with van der Waals surface area (Å²) in [7, 11) is 0. The fraction of sp³-hybridized carbons (Fsp3) is 0.250. The minimum absolute atomic E-state index is 0.389. The Balaban J connectivity index is 2.55. The van der Waals surface area contributed by atoms with Crippen LogP contribution in [-0.4, -0.2) is 25.4 Å². The molecule has 0 saturated carbocycles. The van der Waals surface area contributed by atoms with Crippen molar-refractivity contribution in [3.8, 4) is 11.5 Å². The average Bonchev–Trinajstić information content (AvgIpc) is 2.75. The van der Waals surface area contributed by atoms with Crippen LogP contribution < -0.4 is 0 Å². The van der Waals surface area contributed by atoms with Gasteiger partial charge in [0, 0.05) is 0 Å². The van der Waals surface area contributed by atoms with Gasteiger partial charge in [0.25, 0.3) is 0 Å². The number of nitrogens with zero attached hydrogens (tertiary/aromatic N) is 4. The van der Waals surface area contributed by atoms with Gasteiger partial charge in [0.2, 0.25) is 0 Å². The van der Waals surface area contributed by atoms with Crippen LogP contribution >= 0.6 is 27.5 Å². The molecule has 2 aromatic rings. The van der Waals surface area contributed by atoms with Crippen molar-refractivity contribution in [1.29, 1.82) is 0 Å². The summed E-state index contributed by atoms with van der Waals surface area (Å²) >= 11 is 9.30. The number of hydrogen-bond donors (Lipinski definition) is 1. The molecule has 15 heavy (non-hydrogen) atoms. The molecule has 0 atom stereocenters. The Labute approximate surface area is 99.4 Å². The van der Waals surface area contributed by atoms with Crippen LogP contribution in [0.25, 0.3) is 11.5 Å². The normalized spacial score (nSPS) is 10.6. The minimum Gasteiger partial charge on any atom is -0.230 e. The topological polar surface area (TPSA) is 67.3 Å². The Morgan fingerprint density at radius 2 is 2.27 bits per heavy atom. The number of hydrogen-bond acceptors (Lipinski definition) is 4. The van der Waals surface area contributed by atoms with Gasteiger partial charge in [-0.25, -0.2) is 9.97 Å². The predicted octanol–water partition coefficient (Wildman–Crippen LogP) is 2.24. The smallest absolute Gasteiger partial charge is 0.183 e. The molecule has 0 aliphatic heterocycles. The molecule has 0 aliphatic rings. The van der Waals surface area contributed by atoms with Crippen LogP contribution in [0.5, 0.6) is 0 Å². The van der Waals surface area contributed by atoms with Crippen LogP contribution in [-0.2, 0) is 6.42 Å². The molecule has 0 spiro atoms. The van der Waals surface area contributed by atoms with Crippen LogP contribution in [0.3, 0.4) is 0 Å². The Kier molecular flexibility index (Phi) is 2.97. The summed E-state index contributed by atoms with van der Waals surface area (Å²) in [6.45, 7) is 2.00. The summed E-state index contributed by atoms with van der Waals surface area (Å²) in [5, 5.41) is 10.5. The lowest BCUT2D eigenvalue weighted by Crippen LogP contribution is -1.97. The van der Waals surface area contributed by atoms with Crippen LogP contribution in [0.4, 0.5) is 0 Å². The number of halogens is 2.